The summed E-state index contributed by atoms with van der Waals surface area (Å²) in [6.07, 6.45) is 3.96. The van der Waals surface area contributed by atoms with Gasteiger partial charge in [0.05, 0.1) is 17.7 Å². The van der Waals surface area contributed by atoms with Crippen LogP contribution in [0.25, 0.3) is 6.08 Å². The summed E-state index contributed by atoms with van der Waals surface area (Å²) in [4.78, 5) is 17.1. The van der Waals surface area contributed by atoms with Crippen LogP contribution in [-0.2, 0) is 11.2 Å². The van der Waals surface area contributed by atoms with E-state index in [0.29, 0.717) is 27.0 Å². The maximum absolute atomic E-state index is 13.0. The normalized spacial score (nSPS) is 15.1. The van der Waals surface area contributed by atoms with Crippen LogP contribution in [0.15, 0.2) is 54.0 Å². The highest BCUT2D eigenvalue weighted by Crippen LogP contribution is 2.38. The monoisotopic (exact) mass is 426 g/mol. The molecule has 1 amide bonds. The predicted octanol–water partition coefficient (Wildman–Crippen LogP) is 4.60. The van der Waals surface area contributed by atoms with Crippen molar-refractivity contribution in [2.45, 2.75) is 6.42 Å². The van der Waals surface area contributed by atoms with Gasteiger partial charge in [-0.25, -0.2) is 0 Å². The molecular weight excluding hydrogens is 404 g/mol. The number of ether oxygens (including phenoxy) is 1. The highest BCUT2D eigenvalue weighted by molar-refractivity contribution is 8.27. The van der Waals surface area contributed by atoms with Gasteiger partial charge in [-0.1, -0.05) is 30.1 Å². The van der Waals surface area contributed by atoms with Gasteiger partial charge in [-0.15, -0.1) is 6.58 Å². The summed E-state index contributed by atoms with van der Waals surface area (Å²) in [5.41, 5.74) is 3.21. The minimum absolute atomic E-state index is 0.0816. The van der Waals surface area contributed by atoms with Crippen LogP contribution in [0.1, 0.15) is 11.1 Å². The number of methoxy groups -OCH3 is 1. The first-order chi connectivity index (χ1) is 13.8. The summed E-state index contributed by atoms with van der Waals surface area (Å²) in [5.74, 6) is 0.262. The fourth-order valence-electron chi connectivity index (χ4n) is 2.98. The number of aromatic hydroxyl groups is 1. The third kappa shape index (κ3) is 4.31. The number of carbonyl (C=O) groups is 1. The van der Waals surface area contributed by atoms with Crippen molar-refractivity contribution in [2.75, 3.05) is 31.0 Å². The smallest absolute Gasteiger partial charge is 0.270 e. The lowest BCUT2D eigenvalue weighted by Gasteiger charge is -2.17. The lowest BCUT2D eigenvalue weighted by molar-refractivity contribution is -0.113. The molecule has 150 valence electrons. The molecule has 0 spiro atoms. The molecule has 1 aliphatic heterocycles. The molecular formula is C22H22N2O3S2. The van der Waals surface area contributed by atoms with Gasteiger partial charge in [-0.2, -0.15) is 0 Å². The third-order valence-corrected chi connectivity index (χ3v) is 5.78. The van der Waals surface area contributed by atoms with Crippen molar-refractivity contribution in [3.8, 4) is 11.5 Å². The standard InChI is InChI=1S/C22H22N2O3S2/c1-5-6-15-11-14(12-18(27-4)20(15)25)13-19-21(26)24(22(28)29-19)17-9-7-16(8-10-17)23(2)3/h5,7-13,25H,1,6H2,2-4H3/b19-13-. The molecule has 1 fully saturated rings. The minimum Gasteiger partial charge on any atom is -0.504 e. The van der Waals surface area contributed by atoms with Crippen molar-refractivity contribution < 1.29 is 14.6 Å². The van der Waals surface area contributed by atoms with Crippen LogP contribution in [0, 0.1) is 0 Å². The molecule has 2 aromatic carbocycles. The molecule has 7 heteroatoms. The summed E-state index contributed by atoms with van der Waals surface area (Å²) in [7, 11) is 5.42. The van der Waals surface area contributed by atoms with Gasteiger partial charge in [-0.05, 0) is 54.5 Å². The number of benzene rings is 2. The molecule has 1 N–H and O–H groups in total. The Balaban J connectivity index is 1.94. The molecule has 0 aliphatic carbocycles. The van der Waals surface area contributed by atoms with Gasteiger partial charge in [0, 0.05) is 25.3 Å². The Morgan fingerprint density at radius 3 is 2.55 bits per heavy atom. The number of hydrogen-bond donors (Lipinski definition) is 1. The fraction of sp³-hybridized carbons (Fsp3) is 0.182. The number of allylic oxidation sites excluding steroid dienone is 1. The number of hydrogen-bond acceptors (Lipinski definition) is 6. The number of rotatable bonds is 6. The van der Waals surface area contributed by atoms with Crippen molar-refractivity contribution in [1.82, 2.24) is 0 Å². The number of carbonyl (C=O) groups excluding carboxylic acids is 1. The zero-order chi connectivity index (χ0) is 21.1. The summed E-state index contributed by atoms with van der Waals surface area (Å²) < 4.78 is 5.74. The molecule has 0 unspecified atom stereocenters. The van der Waals surface area contributed by atoms with E-state index >= 15 is 0 Å². The Bertz CT molecular complexity index is 998. The van der Waals surface area contributed by atoms with E-state index in [1.807, 2.05) is 49.3 Å². The Kier molecular flexibility index (Phi) is 6.30. The molecule has 0 atom stereocenters. The van der Waals surface area contributed by atoms with Crippen LogP contribution >= 0.6 is 24.0 Å². The first-order valence-corrected chi connectivity index (χ1v) is 10.1. The Hall–Kier alpha value is -2.77. The molecule has 2 aromatic rings. The second-order valence-corrected chi connectivity index (χ2v) is 8.33. The topological polar surface area (TPSA) is 53.0 Å². The summed E-state index contributed by atoms with van der Waals surface area (Å²) >= 11 is 6.71. The molecule has 0 aromatic heterocycles. The first-order valence-electron chi connectivity index (χ1n) is 8.91. The van der Waals surface area contributed by atoms with Gasteiger partial charge in [0.1, 0.15) is 0 Å². The van der Waals surface area contributed by atoms with Crippen molar-refractivity contribution in [3.63, 3.8) is 0 Å². The van der Waals surface area contributed by atoms with Crippen LogP contribution in [-0.4, -0.2) is 36.5 Å². The largest absolute Gasteiger partial charge is 0.504 e. The maximum Gasteiger partial charge on any atom is 0.270 e. The van der Waals surface area contributed by atoms with Crippen LogP contribution in [0.5, 0.6) is 11.5 Å². The molecule has 29 heavy (non-hydrogen) atoms. The SMILES string of the molecule is C=CCc1cc(/C=C2\SC(=S)N(c3ccc(N(C)C)cc3)C2=O)cc(OC)c1O. The van der Waals surface area contributed by atoms with Gasteiger partial charge in [-0.3, -0.25) is 9.69 Å². The zero-order valence-corrected chi connectivity index (χ0v) is 18.1. The highest BCUT2D eigenvalue weighted by Gasteiger charge is 2.33. The second kappa shape index (κ2) is 8.71. The average Bonchev–Trinajstić information content (AvgIpc) is 2.97. The van der Waals surface area contributed by atoms with Crippen molar-refractivity contribution in [1.29, 1.82) is 0 Å². The molecule has 1 aliphatic rings. The quantitative estimate of drug-likeness (QED) is 0.414. The van der Waals surface area contributed by atoms with E-state index in [1.54, 1.807) is 18.2 Å². The van der Waals surface area contributed by atoms with Crippen molar-refractivity contribution >= 4 is 51.7 Å². The fourth-order valence-corrected chi connectivity index (χ4v) is 4.28. The number of thioether (sulfide) groups is 1. The van der Waals surface area contributed by atoms with Gasteiger partial charge in [0.15, 0.2) is 15.8 Å². The number of phenolic OH excluding ortho intramolecular Hbond substituents is 1. The maximum atomic E-state index is 13.0. The molecule has 1 saturated heterocycles. The van der Waals surface area contributed by atoms with E-state index in [1.165, 1.54) is 23.8 Å². The number of phenols is 1. The molecule has 0 bridgehead atoms. The Morgan fingerprint density at radius 1 is 1.28 bits per heavy atom. The third-order valence-electron chi connectivity index (χ3n) is 4.48. The van der Waals surface area contributed by atoms with Gasteiger partial charge in [0.2, 0.25) is 0 Å². The van der Waals surface area contributed by atoms with Crippen LogP contribution in [0.4, 0.5) is 11.4 Å². The molecule has 0 saturated carbocycles. The zero-order valence-electron chi connectivity index (χ0n) is 16.5. The summed E-state index contributed by atoms with van der Waals surface area (Å²) in [6.45, 7) is 3.72. The number of nitrogens with zero attached hydrogens (tertiary/aromatic N) is 2. The summed E-state index contributed by atoms with van der Waals surface area (Å²) in [6, 6.07) is 11.2. The van der Waals surface area contributed by atoms with Gasteiger partial charge in [0.25, 0.3) is 5.91 Å². The van der Waals surface area contributed by atoms with Crippen molar-refractivity contribution in [3.05, 3.63) is 65.1 Å². The molecule has 3 rings (SSSR count). The average molecular weight is 427 g/mol. The lowest BCUT2D eigenvalue weighted by Crippen LogP contribution is -2.27. The predicted molar refractivity (Wildman–Crippen MR) is 125 cm³/mol. The molecule has 0 radical (unpaired) electrons. The van der Waals surface area contributed by atoms with Crippen LogP contribution < -0.4 is 14.5 Å². The summed E-state index contributed by atoms with van der Waals surface area (Å²) in [5, 5.41) is 10.3. The van der Waals surface area contributed by atoms with Crippen LogP contribution in [0.3, 0.4) is 0 Å². The van der Waals surface area contributed by atoms with E-state index in [4.69, 9.17) is 17.0 Å². The minimum atomic E-state index is -0.171. The van der Waals surface area contributed by atoms with E-state index < -0.39 is 0 Å². The van der Waals surface area contributed by atoms with E-state index in [0.717, 1.165) is 16.9 Å². The van der Waals surface area contributed by atoms with E-state index in [9.17, 15) is 9.90 Å². The number of amides is 1. The second-order valence-electron chi connectivity index (χ2n) is 6.65. The molecule has 5 nitrogen and oxygen atoms in total. The van der Waals surface area contributed by atoms with Gasteiger partial charge >= 0.3 is 0 Å². The lowest BCUT2D eigenvalue weighted by atomic mass is 10.1. The van der Waals surface area contributed by atoms with Crippen molar-refractivity contribution in [2.24, 2.45) is 0 Å². The number of anilines is 2. The van der Waals surface area contributed by atoms with Crippen LogP contribution in [0.2, 0.25) is 0 Å². The molecule has 1 heterocycles. The van der Waals surface area contributed by atoms with Gasteiger partial charge < -0.3 is 14.7 Å². The van der Waals surface area contributed by atoms with E-state index in [-0.39, 0.29) is 11.7 Å². The Morgan fingerprint density at radius 2 is 1.97 bits per heavy atom. The highest BCUT2D eigenvalue weighted by atomic mass is 32.2. The van der Waals surface area contributed by atoms with E-state index in [2.05, 4.69) is 6.58 Å². The Labute approximate surface area is 180 Å². The first kappa shape index (κ1) is 21.0. The number of thiocarbonyl (C=S) groups is 1.